The Balaban J connectivity index is 3.99. The van der Waals surface area contributed by atoms with E-state index in [1.807, 2.05) is 6.92 Å². The minimum Gasteiger partial charge on any atom is -0.468 e. The smallest absolute Gasteiger partial charge is 0.325 e. The first-order valence-electron chi connectivity index (χ1n) is 7.95. The summed E-state index contributed by atoms with van der Waals surface area (Å²) < 4.78 is 10.6. The van der Waals surface area contributed by atoms with Crippen LogP contribution < -0.4 is 5.32 Å². The third kappa shape index (κ3) is 7.85. The fourth-order valence-corrected chi connectivity index (χ4v) is 2.24. The van der Waals surface area contributed by atoms with Gasteiger partial charge in [0.05, 0.1) is 13.2 Å². The molecular formula is C16H33NO3. The molecule has 0 aromatic heterocycles. The van der Waals surface area contributed by atoms with Crippen molar-refractivity contribution in [3.05, 3.63) is 0 Å². The van der Waals surface area contributed by atoms with Gasteiger partial charge in [0.15, 0.2) is 0 Å². The van der Waals surface area contributed by atoms with Crippen molar-refractivity contribution >= 4 is 5.97 Å². The maximum atomic E-state index is 11.9. The van der Waals surface area contributed by atoms with Gasteiger partial charge in [-0.2, -0.15) is 0 Å². The summed E-state index contributed by atoms with van der Waals surface area (Å²) in [6, 6.07) is 0. The molecule has 0 fully saturated rings. The van der Waals surface area contributed by atoms with Gasteiger partial charge in [0.2, 0.25) is 0 Å². The zero-order valence-electron chi connectivity index (χ0n) is 14.0. The van der Waals surface area contributed by atoms with E-state index in [2.05, 4.69) is 26.1 Å². The molecule has 4 heteroatoms. The largest absolute Gasteiger partial charge is 0.468 e. The number of rotatable bonds is 12. The number of hydrogen-bond acceptors (Lipinski definition) is 4. The summed E-state index contributed by atoms with van der Waals surface area (Å²) in [5.41, 5.74) is -0.570. The van der Waals surface area contributed by atoms with Crippen molar-refractivity contribution in [1.29, 1.82) is 0 Å². The van der Waals surface area contributed by atoms with Crippen molar-refractivity contribution in [2.24, 2.45) is 0 Å². The van der Waals surface area contributed by atoms with E-state index in [4.69, 9.17) is 9.47 Å². The molecule has 0 aliphatic heterocycles. The van der Waals surface area contributed by atoms with Crippen LogP contribution in [0.25, 0.3) is 0 Å². The minimum atomic E-state index is -0.570. The topological polar surface area (TPSA) is 47.6 Å². The SMILES string of the molecule is CCCNC(C)(CCCCOC(C)CCC)C(=O)OC. The van der Waals surface area contributed by atoms with Crippen molar-refractivity contribution in [1.82, 2.24) is 5.32 Å². The molecule has 0 saturated heterocycles. The Hall–Kier alpha value is -0.610. The Labute approximate surface area is 124 Å². The van der Waals surface area contributed by atoms with Crippen LogP contribution in [0.15, 0.2) is 0 Å². The van der Waals surface area contributed by atoms with Crippen molar-refractivity contribution in [2.45, 2.75) is 77.9 Å². The molecule has 120 valence electrons. The molecule has 0 bridgehead atoms. The highest BCUT2D eigenvalue weighted by Gasteiger charge is 2.32. The fraction of sp³-hybridized carbons (Fsp3) is 0.938. The van der Waals surface area contributed by atoms with Gasteiger partial charge in [0.25, 0.3) is 0 Å². The van der Waals surface area contributed by atoms with Crippen molar-refractivity contribution in [2.75, 3.05) is 20.3 Å². The first-order chi connectivity index (χ1) is 9.50. The molecule has 0 amide bonds. The lowest BCUT2D eigenvalue weighted by Crippen LogP contribution is -2.50. The van der Waals surface area contributed by atoms with Crippen LogP contribution in [0, 0.1) is 0 Å². The van der Waals surface area contributed by atoms with E-state index in [0.29, 0.717) is 6.10 Å². The van der Waals surface area contributed by atoms with Crippen LogP contribution in [0.5, 0.6) is 0 Å². The molecule has 2 atom stereocenters. The van der Waals surface area contributed by atoms with Gasteiger partial charge in [-0.1, -0.05) is 20.3 Å². The van der Waals surface area contributed by atoms with Gasteiger partial charge in [-0.25, -0.2) is 0 Å². The third-order valence-electron chi connectivity index (χ3n) is 3.57. The lowest BCUT2D eigenvalue weighted by atomic mass is 9.94. The van der Waals surface area contributed by atoms with Crippen LogP contribution in [-0.4, -0.2) is 37.9 Å². The molecule has 0 heterocycles. The molecule has 0 aliphatic rings. The molecule has 20 heavy (non-hydrogen) atoms. The standard InChI is InChI=1S/C16H33NO3/c1-6-10-14(3)20-13-9-8-11-16(4,15(18)19-5)17-12-7-2/h14,17H,6-13H2,1-5H3. The average Bonchev–Trinajstić information content (AvgIpc) is 2.44. The summed E-state index contributed by atoms with van der Waals surface area (Å²) in [7, 11) is 1.45. The summed E-state index contributed by atoms with van der Waals surface area (Å²) in [6.07, 6.45) is 6.33. The van der Waals surface area contributed by atoms with Gasteiger partial charge in [-0.15, -0.1) is 0 Å². The number of hydrogen-bond donors (Lipinski definition) is 1. The molecule has 0 aromatic rings. The summed E-state index contributed by atoms with van der Waals surface area (Å²) >= 11 is 0. The number of unbranched alkanes of at least 4 members (excludes halogenated alkanes) is 1. The van der Waals surface area contributed by atoms with Crippen molar-refractivity contribution in [3.8, 4) is 0 Å². The summed E-state index contributed by atoms with van der Waals surface area (Å²) in [6.45, 7) is 9.90. The second-order valence-electron chi connectivity index (χ2n) is 5.68. The Morgan fingerprint density at radius 1 is 1.25 bits per heavy atom. The minimum absolute atomic E-state index is 0.175. The predicted molar refractivity (Wildman–Crippen MR) is 82.9 cm³/mol. The average molecular weight is 287 g/mol. The van der Waals surface area contributed by atoms with Crippen molar-refractivity contribution < 1.29 is 14.3 Å². The molecule has 0 rings (SSSR count). The molecule has 2 unspecified atom stereocenters. The summed E-state index contributed by atoms with van der Waals surface area (Å²) in [5.74, 6) is -0.175. The maximum absolute atomic E-state index is 11.9. The van der Waals surface area contributed by atoms with Crippen LogP contribution in [0.2, 0.25) is 0 Å². The highest BCUT2D eigenvalue weighted by Crippen LogP contribution is 2.16. The Morgan fingerprint density at radius 3 is 2.50 bits per heavy atom. The maximum Gasteiger partial charge on any atom is 0.325 e. The predicted octanol–water partition coefficient (Wildman–Crippen LogP) is 3.29. The summed E-state index contributed by atoms with van der Waals surface area (Å²) in [5, 5.41) is 3.30. The first-order valence-corrected chi connectivity index (χ1v) is 7.95. The normalized spacial score (nSPS) is 15.7. The number of carbonyl (C=O) groups excluding carboxylic acids is 1. The molecule has 0 spiro atoms. The zero-order valence-corrected chi connectivity index (χ0v) is 14.0. The number of esters is 1. The fourth-order valence-electron chi connectivity index (χ4n) is 2.24. The van der Waals surface area contributed by atoms with Crippen LogP contribution in [-0.2, 0) is 14.3 Å². The zero-order chi connectivity index (χ0) is 15.4. The van der Waals surface area contributed by atoms with E-state index in [1.165, 1.54) is 7.11 Å². The molecule has 4 nitrogen and oxygen atoms in total. The molecule has 0 aromatic carbocycles. The van der Waals surface area contributed by atoms with Gasteiger partial charge < -0.3 is 14.8 Å². The highest BCUT2D eigenvalue weighted by molar-refractivity contribution is 5.80. The molecule has 0 saturated carbocycles. The molecule has 0 radical (unpaired) electrons. The van der Waals surface area contributed by atoms with E-state index in [1.54, 1.807) is 0 Å². The van der Waals surface area contributed by atoms with Gasteiger partial charge in [-0.3, -0.25) is 4.79 Å². The number of nitrogens with one attached hydrogen (secondary N) is 1. The van der Waals surface area contributed by atoms with Crippen LogP contribution in [0.1, 0.15) is 66.2 Å². The molecule has 0 aliphatic carbocycles. The quantitative estimate of drug-likeness (QED) is 0.442. The van der Waals surface area contributed by atoms with E-state index in [0.717, 1.165) is 51.7 Å². The van der Waals surface area contributed by atoms with E-state index >= 15 is 0 Å². The van der Waals surface area contributed by atoms with Crippen LogP contribution in [0.4, 0.5) is 0 Å². The van der Waals surface area contributed by atoms with Crippen LogP contribution >= 0.6 is 0 Å². The van der Waals surface area contributed by atoms with E-state index in [9.17, 15) is 4.79 Å². The molecular weight excluding hydrogens is 254 g/mol. The first kappa shape index (κ1) is 19.4. The van der Waals surface area contributed by atoms with Crippen molar-refractivity contribution in [3.63, 3.8) is 0 Å². The highest BCUT2D eigenvalue weighted by atomic mass is 16.5. The Bertz CT molecular complexity index is 258. The number of methoxy groups -OCH3 is 1. The van der Waals surface area contributed by atoms with E-state index in [-0.39, 0.29) is 5.97 Å². The van der Waals surface area contributed by atoms with Gasteiger partial charge in [0.1, 0.15) is 5.54 Å². The van der Waals surface area contributed by atoms with Crippen LogP contribution in [0.3, 0.4) is 0 Å². The molecule has 1 N–H and O–H groups in total. The van der Waals surface area contributed by atoms with Gasteiger partial charge in [-0.05, 0) is 52.5 Å². The second kappa shape index (κ2) is 11.1. The summed E-state index contributed by atoms with van der Waals surface area (Å²) in [4.78, 5) is 11.9. The third-order valence-corrected chi connectivity index (χ3v) is 3.57. The Kier molecular flexibility index (Phi) is 10.8. The lowest BCUT2D eigenvalue weighted by molar-refractivity contribution is -0.148. The number of carbonyl (C=O) groups is 1. The number of ether oxygens (including phenoxy) is 2. The Morgan fingerprint density at radius 2 is 1.95 bits per heavy atom. The monoisotopic (exact) mass is 287 g/mol. The van der Waals surface area contributed by atoms with E-state index < -0.39 is 5.54 Å². The lowest BCUT2D eigenvalue weighted by Gasteiger charge is -2.28. The second-order valence-corrected chi connectivity index (χ2v) is 5.68. The van der Waals surface area contributed by atoms with Gasteiger partial charge in [0, 0.05) is 6.61 Å². The van der Waals surface area contributed by atoms with Gasteiger partial charge >= 0.3 is 5.97 Å².